The third kappa shape index (κ3) is 7.37. The van der Waals surface area contributed by atoms with Gasteiger partial charge in [-0.15, -0.1) is 0 Å². The molecular weight excluding hydrogens is 244 g/mol. The third-order valence-electron chi connectivity index (χ3n) is 1.99. The summed E-state index contributed by atoms with van der Waals surface area (Å²) in [5.74, 6) is -3.95. The van der Waals surface area contributed by atoms with Crippen LogP contribution in [0.3, 0.4) is 0 Å². The molecule has 1 aliphatic heterocycles. The van der Waals surface area contributed by atoms with Crippen LogP contribution in [0.4, 0.5) is 0 Å². The van der Waals surface area contributed by atoms with Crippen molar-refractivity contribution in [1.82, 2.24) is 0 Å². The number of esters is 2. The van der Waals surface area contributed by atoms with Crippen LogP contribution < -0.4 is 0 Å². The Morgan fingerprint density at radius 1 is 1.39 bits per heavy atom. The van der Waals surface area contributed by atoms with Crippen LogP contribution in [0, 0.1) is 11.8 Å². The Morgan fingerprint density at radius 2 is 1.89 bits per heavy atom. The van der Waals surface area contributed by atoms with Crippen LogP contribution in [0.2, 0.25) is 0 Å². The predicted octanol–water partition coefficient (Wildman–Crippen LogP) is 0.914. The van der Waals surface area contributed by atoms with E-state index in [9.17, 15) is 19.2 Å². The van der Waals surface area contributed by atoms with Crippen molar-refractivity contribution in [1.29, 1.82) is 0 Å². The van der Waals surface area contributed by atoms with Gasteiger partial charge < -0.3 is 14.9 Å². The van der Waals surface area contributed by atoms with Gasteiger partial charge in [-0.2, -0.15) is 0 Å². The lowest BCUT2D eigenvalue weighted by Crippen LogP contribution is -2.13. The number of cyclic esters (lactones) is 2. The second-order valence-corrected chi connectivity index (χ2v) is 3.74. The van der Waals surface area contributed by atoms with E-state index in [0.29, 0.717) is 0 Å². The standard InChI is InChI=1S/C5H8O4.C5H6O3.CH4/c1-3(5(8)9)2-4(6)7;1-3-2-4(6)8-5(3)7;/h3H,2H2,1H3,(H,6,7)(H,8,9);3H,2H2,1H3;1H4. The molecule has 1 aliphatic rings. The Bertz CT molecular complexity index is 334. The van der Waals surface area contributed by atoms with Gasteiger partial charge in [-0.05, 0) is 0 Å². The lowest BCUT2D eigenvalue weighted by Gasteiger charge is -1.98. The number of rotatable bonds is 3. The first-order chi connectivity index (χ1) is 7.73. The summed E-state index contributed by atoms with van der Waals surface area (Å²) in [6.45, 7) is 3.03. The van der Waals surface area contributed by atoms with Crippen LogP contribution in [-0.4, -0.2) is 34.1 Å². The molecule has 18 heavy (non-hydrogen) atoms. The van der Waals surface area contributed by atoms with Gasteiger partial charge in [-0.25, -0.2) is 0 Å². The van der Waals surface area contributed by atoms with Crippen molar-refractivity contribution < 1.29 is 34.1 Å². The van der Waals surface area contributed by atoms with E-state index in [1.807, 2.05) is 0 Å². The van der Waals surface area contributed by atoms with Crippen molar-refractivity contribution in [3.63, 3.8) is 0 Å². The third-order valence-corrected chi connectivity index (χ3v) is 1.99. The molecule has 0 aromatic rings. The summed E-state index contributed by atoms with van der Waals surface area (Å²) in [6.07, 6.45) is -0.0613. The zero-order valence-electron chi connectivity index (χ0n) is 9.50. The molecule has 104 valence electrons. The highest BCUT2D eigenvalue weighted by Gasteiger charge is 2.28. The average Bonchev–Trinajstić information content (AvgIpc) is 2.43. The lowest BCUT2D eigenvalue weighted by molar-refractivity contribution is -0.153. The van der Waals surface area contributed by atoms with Gasteiger partial charge in [-0.1, -0.05) is 21.3 Å². The molecule has 0 spiro atoms. The summed E-state index contributed by atoms with van der Waals surface area (Å²) >= 11 is 0. The molecule has 0 aromatic carbocycles. The van der Waals surface area contributed by atoms with Gasteiger partial charge in [0.1, 0.15) is 0 Å². The van der Waals surface area contributed by atoms with Crippen LogP contribution in [-0.2, 0) is 23.9 Å². The molecule has 1 rings (SSSR count). The average molecular weight is 262 g/mol. The lowest BCUT2D eigenvalue weighted by atomic mass is 10.1. The topological polar surface area (TPSA) is 118 Å². The predicted molar refractivity (Wildman–Crippen MR) is 60.7 cm³/mol. The fourth-order valence-electron chi connectivity index (χ4n) is 0.937. The summed E-state index contributed by atoms with van der Waals surface area (Å²) in [5.41, 5.74) is 0. The minimum atomic E-state index is -1.08. The Kier molecular flexibility index (Phi) is 8.42. The molecule has 2 unspecified atom stereocenters. The number of carbonyl (C=O) groups is 4. The van der Waals surface area contributed by atoms with E-state index in [1.165, 1.54) is 6.92 Å². The van der Waals surface area contributed by atoms with Gasteiger partial charge in [0.15, 0.2) is 0 Å². The number of aliphatic carboxylic acids is 2. The van der Waals surface area contributed by atoms with E-state index in [1.54, 1.807) is 6.92 Å². The van der Waals surface area contributed by atoms with Crippen molar-refractivity contribution in [2.45, 2.75) is 34.1 Å². The summed E-state index contributed by atoms with van der Waals surface area (Å²) in [6, 6.07) is 0. The van der Waals surface area contributed by atoms with Gasteiger partial charge in [0.05, 0.1) is 24.7 Å². The van der Waals surface area contributed by atoms with Crippen LogP contribution in [0.25, 0.3) is 0 Å². The first-order valence-corrected chi connectivity index (χ1v) is 4.93. The minimum Gasteiger partial charge on any atom is -0.481 e. The van der Waals surface area contributed by atoms with E-state index in [2.05, 4.69) is 4.74 Å². The molecule has 7 nitrogen and oxygen atoms in total. The normalized spacial score (nSPS) is 18.9. The molecule has 0 saturated carbocycles. The molecular formula is C11H18O7. The highest BCUT2D eigenvalue weighted by Crippen LogP contribution is 2.13. The number of ether oxygens (including phenoxy) is 1. The van der Waals surface area contributed by atoms with Gasteiger partial charge in [0, 0.05) is 0 Å². The number of carboxylic acids is 2. The second kappa shape index (κ2) is 8.21. The molecule has 0 aliphatic carbocycles. The van der Waals surface area contributed by atoms with Crippen LogP contribution in [0.1, 0.15) is 34.1 Å². The maximum Gasteiger partial charge on any atom is 0.316 e. The second-order valence-electron chi connectivity index (χ2n) is 3.74. The van der Waals surface area contributed by atoms with Crippen LogP contribution >= 0.6 is 0 Å². The summed E-state index contributed by atoms with van der Waals surface area (Å²) in [7, 11) is 0. The largest absolute Gasteiger partial charge is 0.481 e. The number of carbonyl (C=O) groups excluding carboxylic acids is 2. The van der Waals surface area contributed by atoms with Gasteiger partial charge >= 0.3 is 23.9 Å². The number of carboxylic acid groups (broad SMARTS) is 2. The maximum atomic E-state index is 10.3. The van der Waals surface area contributed by atoms with E-state index < -0.39 is 29.8 Å². The quantitative estimate of drug-likeness (QED) is 0.573. The molecule has 7 heteroatoms. The zero-order chi connectivity index (χ0) is 13.6. The minimum absolute atomic E-state index is 0. The van der Waals surface area contributed by atoms with Gasteiger partial charge in [0.25, 0.3) is 0 Å². The van der Waals surface area contributed by atoms with Crippen molar-refractivity contribution in [2.75, 3.05) is 0 Å². The van der Waals surface area contributed by atoms with Gasteiger partial charge in [-0.3, -0.25) is 19.2 Å². The smallest absolute Gasteiger partial charge is 0.316 e. The fourth-order valence-corrected chi connectivity index (χ4v) is 0.937. The highest BCUT2D eigenvalue weighted by molar-refractivity contribution is 5.94. The van der Waals surface area contributed by atoms with Crippen molar-refractivity contribution in [3.8, 4) is 0 Å². The number of hydrogen-bond donors (Lipinski definition) is 2. The van der Waals surface area contributed by atoms with Crippen molar-refractivity contribution in [2.24, 2.45) is 11.8 Å². The van der Waals surface area contributed by atoms with Gasteiger partial charge in [0.2, 0.25) is 0 Å². The van der Waals surface area contributed by atoms with E-state index >= 15 is 0 Å². The van der Waals surface area contributed by atoms with E-state index in [-0.39, 0.29) is 26.2 Å². The number of hydrogen-bond acceptors (Lipinski definition) is 5. The molecule has 1 heterocycles. The monoisotopic (exact) mass is 262 g/mol. The summed E-state index contributed by atoms with van der Waals surface area (Å²) in [5, 5.41) is 16.2. The maximum absolute atomic E-state index is 10.3. The van der Waals surface area contributed by atoms with Crippen molar-refractivity contribution >= 4 is 23.9 Å². The van der Waals surface area contributed by atoms with E-state index in [4.69, 9.17) is 10.2 Å². The van der Waals surface area contributed by atoms with Crippen LogP contribution in [0.5, 0.6) is 0 Å². The highest BCUT2D eigenvalue weighted by atomic mass is 16.6. The summed E-state index contributed by atoms with van der Waals surface area (Å²) in [4.78, 5) is 40.4. The molecule has 0 aromatic heterocycles. The zero-order valence-corrected chi connectivity index (χ0v) is 9.50. The molecule has 2 atom stereocenters. The summed E-state index contributed by atoms with van der Waals surface area (Å²) < 4.78 is 4.20. The first kappa shape index (κ1) is 18.4. The molecule has 0 amide bonds. The SMILES string of the molecule is C.CC(CC(=O)O)C(=O)O.CC1CC(=O)OC1=O. The Hall–Kier alpha value is -1.92. The van der Waals surface area contributed by atoms with Crippen molar-refractivity contribution in [3.05, 3.63) is 0 Å². The van der Waals surface area contributed by atoms with Crippen LogP contribution in [0.15, 0.2) is 0 Å². The molecule has 1 fully saturated rings. The Labute approximate surface area is 105 Å². The Balaban J connectivity index is 0. The Morgan fingerprint density at radius 3 is 2.00 bits per heavy atom. The molecule has 0 bridgehead atoms. The molecule has 0 radical (unpaired) electrons. The fraction of sp³-hybridized carbons (Fsp3) is 0.636. The first-order valence-electron chi connectivity index (χ1n) is 4.93. The molecule has 1 saturated heterocycles. The molecule has 2 N–H and O–H groups in total. The van der Waals surface area contributed by atoms with E-state index in [0.717, 1.165) is 0 Å².